The molecule has 0 saturated heterocycles. The van der Waals surface area contributed by atoms with Crippen molar-refractivity contribution in [1.29, 1.82) is 0 Å². The Balaban J connectivity index is 1.72. The van der Waals surface area contributed by atoms with Crippen LogP contribution in [0.1, 0.15) is 12.0 Å². The predicted molar refractivity (Wildman–Crippen MR) is 66.7 cm³/mol. The first-order valence-electron chi connectivity index (χ1n) is 6.18. The van der Waals surface area contributed by atoms with Crippen molar-refractivity contribution >= 4 is 11.7 Å². The van der Waals surface area contributed by atoms with E-state index in [0.717, 1.165) is 0 Å². The molecule has 2 N–H and O–H groups in total. The third kappa shape index (κ3) is 2.56. The van der Waals surface area contributed by atoms with Gasteiger partial charge in [-0.3, -0.25) is 0 Å². The summed E-state index contributed by atoms with van der Waals surface area (Å²) in [7, 11) is 0. The number of aliphatic hydroxyl groups excluding tert-OH is 1. The van der Waals surface area contributed by atoms with Crippen LogP contribution in [-0.2, 0) is 10.4 Å². The molecule has 0 radical (unpaired) electrons. The van der Waals surface area contributed by atoms with E-state index in [2.05, 4.69) is 20.5 Å². The Hall–Kier alpha value is -2.16. The van der Waals surface area contributed by atoms with Gasteiger partial charge in [-0.25, -0.2) is 4.99 Å². The molecule has 21 heavy (non-hydrogen) atoms. The van der Waals surface area contributed by atoms with E-state index >= 15 is 0 Å². The van der Waals surface area contributed by atoms with Gasteiger partial charge >= 0.3 is 11.8 Å². The first-order chi connectivity index (χ1) is 9.91. The fourth-order valence-corrected chi connectivity index (χ4v) is 1.92. The van der Waals surface area contributed by atoms with Crippen LogP contribution in [0.2, 0.25) is 0 Å². The number of nitrogens with one attached hydrogen (secondary N) is 1. The normalized spacial score (nSPS) is 23.2. The van der Waals surface area contributed by atoms with Crippen LogP contribution in [0, 0.1) is 0 Å². The van der Waals surface area contributed by atoms with Gasteiger partial charge in [0.25, 0.3) is 6.02 Å². The monoisotopic (exact) mass is 300 g/mol. The number of hydrogen-bond acceptors (Lipinski definition) is 6. The minimum atomic E-state index is -4.54. The van der Waals surface area contributed by atoms with Crippen LogP contribution in [-0.4, -0.2) is 30.1 Å². The van der Waals surface area contributed by atoms with Gasteiger partial charge in [0.2, 0.25) is 6.29 Å². The zero-order chi connectivity index (χ0) is 15.1. The number of rotatable bonds is 2. The lowest BCUT2D eigenvalue weighted by Crippen LogP contribution is -2.30. The van der Waals surface area contributed by atoms with Crippen molar-refractivity contribution in [2.45, 2.75) is 24.6 Å². The molecule has 0 bridgehead atoms. The number of amidine groups is 1. The molecule has 0 amide bonds. The largest absolute Gasteiger partial charge is 0.442 e. The number of aliphatic imine (C=N–C) groups is 1. The Morgan fingerprint density at radius 2 is 1.90 bits per heavy atom. The van der Waals surface area contributed by atoms with Crippen LogP contribution in [0.15, 0.2) is 39.5 Å². The topological polar surface area (TPSA) is 78.6 Å². The molecular formula is C12H11F3N4O2. The minimum Gasteiger partial charge on any atom is -0.435 e. The molecule has 1 unspecified atom stereocenters. The number of ether oxygens (including phenoxy) is 1. The fraction of sp³-hybridized carbons (Fsp3) is 0.417. The minimum absolute atomic E-state index is 0.0490. The molecule has 2 heterocycles. The maximum absolute atomic E-state index is 12.8. The number of hydrogen-bond donors (Lipinski definition) is 2. The van der Waals surface area contributed by atoms with Gasteiger partial charge in [0.05, 0.1) is 6.54 Å². The maximum atomic E-state index is 12.8. The number of nitrogens with zero attached hydrogens (tertiary/aromatic N) is 3. The predicted octanol–water partition coefficient (Wildman–Crippen LogP) is 2.37. The van der Waals surface area contributed by atoms with Crippen molar-refractivity contribution in [3.63, 3.8) is 0 Å². The highest BCUT2D eigenvalue weighted by Crippen LogP contribution is 2.52. The zero-order valence-corrected chi connectivity index (χ0v) is 10.6. The Morgan fingerprint density at radius 1 is 1.24 bits per heavy atom. The van der Waals surface area contributed by atoms with Crippen molar-refractivity contribution in [2.75, 3.05) is 11.9 Å². The van der Waals surface area contributed by atoms with E-state index < -0.39 is 18.1 Å². The van der Waals surface area contributed by atoms with Gasteiger partial charge < -0.3 is 15.2 Å². The first-order valence-corrected chi connectivity index (χ1v) is 6.18. The molecule has 1 aromatic carbocycles. The third-order valence-electron chi connectivity index (χ3n) is 3.11. The molecule has 0 aliphatic carbocycles. The quantitative estimate of drug-likeness (QED) is 0.880. The molecule has 0 fully saturated rings. The summed E-state index contributed by atoms with van der Waals surface area (Å²) in [6, 6.07) is 5.59. The van der Waals surface area contributed by atoms with E-state index in [1.54, 1.807) is 0 Å². The van der Waals surface area contributed by atoms with Gasteiger partial charge in [0, 0.05) is 17.7 Å². The summed E-state index contributed by atoms with van der Waals surface area (Å²) < 4.78 is 43.5. The van der Waals surface area contributed by atoms with E-state index in [-0.39, 0.29) is 11.6 Å². The van der Waals surface area contributed by atoms with E-state index in [0.29, 0.717) is 18.7 Å². The molecule has 1 atom stereocenters. The average Bonchev–Trinajstić information content (AvgIpc) is 3.20. The Labute approximate surface area is 117 Å². The summed E-state index contributed by atoms with van der Waals surface area (Å²) in [5.41, 5.74) is -1.97. The molecule has 0 spiro atoms. The van der Waals surface area contributed by atoms with Crippen LogP contribution < -0.4 is 5.32 Å². The second kappa shape index (κ2) is 4.69. The first kappa shape index (κ1) is 13.8. The van der Waals surface area contributed by atoms with Gasteiger partial charge in [0.1, 0.15) is 0 Å². The van der Waals surface area contributed by atoms with Gasteiger partial charge in [0.15, 0.2) is 0 Å². The van der Waals surface area contributed by atoms with E-state index in [4.69, 9.17) is 4.74 Å². The summed E-state index contributed by atoms with van der Waals surface area (Å²) in [6.07, 6.45) is -5.06. The van der Waals surface area contributed by atoms with Crippen LogP contribution in [0.5, 0.6) is 0 Å². The lowest BCUT2D eigenvalue weighted by atomic mass is 10.0. The van der Waals surface area contributed by atoms with Gasteiger partial charge in [-0.2, -0.15) is 13.2 Å². The molecule has 2 aliphatic rings. The number of anilines is 1. The van der Waals surface area contributed by atoms with Gasteiger partial charge in [-0.15, -0.1) is 10.2 Å². The summed E-state index contributed by atoms with van der Waals surface area (Å²) >= 11 is 0. The second-order valence-electron chi connectivity index (χ2n) is 4.62. The number of benzene rings is 1. The Bertz CT molecular complexity index is 592. The molecule has 0 aromatic heterocycles. The van der Waals surface area contributed by atoms with E-state index in [1.165, 1.54) is 24.3 Å². The van der Waals surface area contributed by atoms with Crippen LogP contribution >= 0.6 is 0 Å². The van der Waals surface area contributed by atoms with Crippen molar-refractivity contribution in [3.8, 4) is 0 Å². The highest BCUT2D eigenvalue weighted by atomic mass is 19.4. The van der Waals surface area contributed by atoms with Gasteiger partial charge in [-0.1, -0.05) is 12.1 Å². The molecule has 6 nitrogen and oxygen atoms in total. The second-order valence-corrected chi connectivity index (χ2v) is 4.62. The van der Waals surface area contributed by atoms with Crippen molar-refractivity contribution in [1.82, 2.24) is 0 Å². The van der Waals surface area contributed by atoms with Crippen molar-refractivity contribution in [2.24, 2.45) is 15.2 Å². The summed E-state index contributed by atoms with van der Waals surface area (Å²) in [4.78, 5) is 4.00. The van der Waals surface area contributed by atoms with Crippen LogP contribution in [0.3, 0.4) is 0 Å². The SMILES string of the molecule is OC1CCN=C(Nc2ccc(C3(C(F)(F)F)N=N3)cc2)O1. The standard InChI is InChI=1S/C12H11F3N4O2/c13-12(14,15)11(18-19-11)7-1-3-8(4-2-7)17-10-16-6-5-9(20)21-10/h1-4,9,20H,5-6H2,(H,16,17). The molecule has 0 saturated carbocycles. The molecule has 3 rings (SSSR count). The number of aliphatic hydroxyl groups is 1. The molecular weight excluding hydrogens is 289 g/mol. The Kier molecular flexibility index (Phi) is 3.08. The lowest BCUT2D eigenvalue weighted by molar-refractivity contribution is -0.166. The third-order valence-corrected chi connectivity index (χ3v) is 3.11. The van der Waals surface area contributed by atoms with Crippen LogP contribution in [0.4, 0.5) is 18.9 Å². The molecule has 1 aromatic rings. The zero-order valence-electron chi connectivity index (χ0n) is 10.6. The van der Waals surface area contributed by atoms with E-state index in [9.17, 15) is 18.3 Å². The summed E-state index contributed by atoms with van der Waals surface area (Å²) in [5, 5.41) is 18.3. The molecule has 112 valence electrons. The molecule has 2 aliphatic heterocycles. The van der Waals surface area contributed by atoms with Crippen LogP contribution in [0.25, 0.3) is 0 Å². The van der Waals surface area contributed by atoms with Gasteiger partial charge in [-0.05, 0) is 12.1 Å². The van der Waals surface area contributed by atoms with Crippen molar-refractivity contribution in [3.05, 3.63) is 29.8 Å². The maximum Gasteiger partial charge on any atom is 0.442 e. The Morgan fingerprint density at radius 3 is 2.43 bits per heavy atom. The lowest BCUT2D eigenvalue weighted by Gasteiger charge is -2.20. The summed E-state index contributed by atoms with van der Waals surface area (Å²) in [5.74, 6) is 0. The van der Waals surface area contributed by atoms with E-state index in [1.807, 2.05) is 0 Å². The number of alkyl halides is 3. The highest BCUT2D eigenvalue weighted by Gasteiger charge is 2.65. The number of halogens is 3. The van der Waals surface area contributed by atoms with Crippen molar-refractivity contribution < 1.29 is 23.0 Å². The average molecular weight is 300 g/mol. The summed E-state index contributed by atoms with van der Waals surface area (Å²) in [6.45, 7) is 0.413. The highest BCUT2D eigenvalue weighted by molar-refractivity contribution is 5.89. The molecule has 9 heteroatoms. The smallest absolute Gasteiger partial charge is 0.435 e. The fourth-order valence-electron chi connectivity index (χ4n) is 1.92.